The van der Waals surface area contributed by atoms with E-state index in [9.17, 15) is 14.0 Å². The van der Waals surface area contributed by atoms with Crippen LogP contribution in [0.5, 0.6) is 0 Å². The Morgan fingerprint density at radius 3 is 2.45 bits per heavy atom. The number of nitrogens with one attached hydrogen (secondary N) is 2. The Labute approximate surface area is 182 Å². The van der Waals surface area contributed by atoms with E-state index >= 15 is 0 Å². The van der Waals surface area contributed by atoms with Crippen LogP contribution in [0, 0.1) is 5.82 Å². The van der Waals surface area contributed by atoms with E-state index in [-0.39, 0.29) is 12.1 Å². The van der Waals surface area contributed by atoms with E-state index in [0.29, 0.717) is 18.6 Å². The first-order valence-electron chi connectivity index (χ1n) is 10.4. The zero-order chi connectivity index (χ0) is 22.6. The first kappa shape index (κ1) is 22.7. The van der Waals surface area contributed by atoms with E-state index in [1.807, 2.05) is 31.2 Å². The topological polar surface area (TPSA) is 76.7 Å². The lowest BCUT2D eigenvalue weighted by atomic mass is 10.0. The first-order chi connectivity index (χ1) is 14.7. The number of alkyl carbamates (subject to hydrolysis) is 1. The predicted octanol–water partition coefficient (Wildman–Crippen LogP) is 4.21. The maximum atomic E-state index is 13.4. The summed E-state index contributed by atoms with van der Waals surface area (Å²) in [5.41, 5.74) is 1.90. The van der Waals surface area contributed by atoms with Crippen molar-refractivity contribution in [3.05, 3.63) is 71.0 Å². The van der Waals surface area contributed by atoms with E-state index in [1.54, 1.807) is 20.8 Å². The van der Waals surface area contributed by atoms with Gasteiger partial charge in [-0.2, -0.15) is 0 Å². The van der Waals surface area contributed by atoms with Gasteiger partial charge < -0.3 is 20.1 Å². The van der Waals surface area contributed by atoms with Gasteiger partial charge in [-0.05, 0) is 62.9 Å². The molecule has 0 saturated carbocycles. The number of hydrogen-bond donors (Lipinski definition) is 2. The van der Waals surface area contributed by atoms with Gasteiger partial charge in [0.2, 0.25) is 5.91 Å². The Morgan fingerprint density at radius 2 is 1.81 bits per heavy atom. The lowest BCUT2D eigenvalue weighted by Crippen LogP contribution is -2.47. The summed E-state index contributed by atoms with van der Waals surface area (Å²) in [5, 5.41) is 5.63. The van der Waals surface area contributed by atoms with Gasteiger partial charge in [-0.1, -0.05) is 36.4 Å². The Hall–Kier alpha value is -2.93. The average Bonchev–Trinajstić information content (AvgIpc) is 3.03. The fourth-order valence-corrected chi connectivity index (χ4v) is 3.72. The zero-order valence-corrected chi connectivity index (χ0v) is 18.3. The molecule has 166 valence electrons. The summed E-state index contributed by atoms with van der Waals surface area (Å²) in [6, 6.07) is 12.0. The number of benzene rings is 2. The molecule has 2 aromatic rings. The molecule has 2 aromatic carbocycles. The summed E-state index contributed by atoms with van der Waals surface area (Å²) in [6.07, 6.45) is -0.386. The summed E-state index contributed by atoms with van der Waals surface area (Å²) in [4.78, 5) is 25.6. The van der Waals surface area contributed by atoms with Gasteiger partial charge in [0.25, 0.3) is 0 Å². The highest BCUT2D eigenvalue weighted by molar-refractivity contribution is 5.87. The van der Waals surface area contributed by atoms with Crippen molar-refractivity contribution in [1.29, 1.82) is 0 Å². The van der Waals surface area contributed by atoms with E-state index in [2.05, 4.69) is 10.6 Å². The highest BCUT2D eigenvalue weighted by Gasteiger charge is 2.36. The minimum Gasteiger partial charge on any atom is -0.444 e. The van der Waals surface area contributed by atoms with Crippen LogP contribution in [0.3, 0.4) is 0 Å². The molecule has 0 spiro atoms. The maximum Gasteiger partial charge on any atom is 0.408 e. The Morgan fingerprint density at radius 1 is 1.13 bits per heavy atom. The lowest BCUT2D eigenvalue weighted by Gasteiger charge is -2.26. The third-order valence-corrected chi connectivity index (χ3v) is 4.97. The van der Waals surface area contributed by atoms with Gasteiger partial charge >= 0.3 is 6.09 Å². The van der Waals surface area contributed by atoms with Crippen LogP contribution in [0.1, 0.15) is 56.5 Å². The zero-order valence-electron chi connectivity index (χ0n) is 18.3. The van der Waals surface area contributed by atoms with Crippen LogP contribution in [0.15, 0.2) is 48.5 Å². The molecule has 31 heavy (non-hydrogen) atoms. The quantitative estimate of drug-likeness (QED) is 0.723. The van der Waals surface area contributed by atoms with Crippen molar-refractivity contribution in [2.75, 3.05) is 6.61 Å². The molecule has 2 amide bonds. The third-order valence-electron chi connectivity index (χ3n) is 4.97. The SMILES string of the molecule is CCO[C@@H]1c2ccccc2C[C@H]1NC(=O)[C@@H](NC(=O)OC(C)(C)C)c1ccc(F)cc1. The van der Waals surface area contributed by atoms with Gasteiger partial charge in [0, 0.05) is 6.61 Å². The molecular formula is C24H29FN2O4. The van der Waals surface area contributed by atoms with Crippen LogP contribution in [0.4, 0.5) is 9.18 Å². The van der Waals surface area contributed by atoms with Gasteiger partial charge in [-0.3, -0.25) is 4.79 Å². The van der Waals surface area contributed by atoms with Crippen molar-refractivity contribution in [2.24, 2.45) is 0 Å². The molecule has 3 atom stereocenters. The molecule has 0 aliphatic heterocycles. The summed E-state index contributed by atoms with van der Waals surface area (Å²) in [6.45, 7) is 7.63. The molecule has 0 heterocycles. The van der Waals surface area contributed by atoms with Crippen LogP contribution >= 0.6 is 0 Å². The van der Waals surface area contributed by atoms with Crippen molar-refractivity contribution in [1.82, 2.24) is 10.6 Å². The number of carbonyl (C=O) groups is 2. The fourth-order valence-electron chi connectivity index (χ4n) is 3.72. The van der Waals surface area contributed by atoms with Crippen LogP contribution < -0.4 is 10.6 Å². The lowest BCUT2D eigenvalue weighted by molar-refractivity contribution is -0.125. The molecule has 6 nitrogen and oxygen atoms in total. The Balaban J connectivity index is 1.81. The number of amides is 2. The molecular weight excluding hydrogens is 399 g/mol. The molecule has 1 aliphatic rings. The molecule has 0 bridgehead atoms. The summed E-state index contributed by atoms with van der Waals surface area (Å²) in [7, 11) is 0. The molecule has 0 saturated heterocycles. The number of ether oxygens (including phenoxy) is 2. The molecule has 3 rings (SSSR count). The summed E-state index contributed by atoms with van der Waals surface area (Å²) >= 11 is 0. The van der Waals surface area contributed by atoms with E-state index < -0.39 is 29.5 Å². The maximum absolute atomic E-state index is 13.4. The second-order valence-electron chi connectivity index (χ2n) is 8.52. The van der Waals surface area contributed by atoms with E-state index in [0.717, 1.165) is 11.1 Å². The minimum atomic E-state index is -1.04. The van der Waals surface area contributed by atoms with Crippen molar-refractivity contribution in [3.8, 4) is 0 Å². The number of hydrogen-bond acceptors (Lipinski definition) is 4. The van der Waals surface area contributed by atoms with Crippen molar-refractivity contribution in [2.45, 2.75) is 57.9 Å². The first-order valence-corrected chi connectivity index (χ1v) is 10.4. The van der Waals surface area contributed by atoms with Crippen molar-refractivity contribution >= 4 is 12.0 Å². The number of halogens is 1. The van der Waals surface area contributed by atoms with Gasteiger partial charge in [0.15, 0.2) is 0 Å². The van der Waals surface area contributed by atoms with E-state index in [1.165, 1.54) is 24.3 Å². The Bertz CT molecular complexity index is 924. The van der Waals surface area contributed by atoms with Gasteiger partial charge in [0.1, 0.15) is 23.6 Å². The predicted molar refractivity (Wildman–Crippen MR) is 115 cm³/mol. The minimum absolute atomic E-state index is 0.277. The summed E-state index contributed by atoms with van der Waals surface area (Å²) in [5.74, 6) is -0.845. The molecule has 2 N–H and O–H groups in total. The van der Waals surface area contributed by atoms with Crippen LogP contribution in [-0.2, 0) is 20.7 Å². The van der Waals surface area contributed by atoms with Crippen LogP contribution in [0.25, 0.3) is 0 Å². The second kappa shape index (κ2) is 9.47. The standard InChI is InChI=1S/C24H29FN2O4/c1-5-30-21-18-9-7-6-8-16(18)14-19(21)26-22(28)20(15-10-12-17(25)13-11-15)27-23(29)31-24(2,3)4/h6-13,19-21H,5,14H2,1-4H3,(H,26,28)(H,27,29)/t19-,20+,21-/m1/s1. The molecule has 7 heteroatoms. The molecule has 0 aromatic heterocycles. The summed E-state index contributed by atoms with van der Waals surface area (Å²) < 4.78 is 24.7. The van der Waals surface area contributed by atoms with Gasteiger partial charge in [0.05, 0.1) is 6.04 Å². The molecule has 1 aliphatic carbocycles. The molecule has 0 unspecified atom stereocenters. The fraction of sp³-hybridized carbons (Fsp3) is 0.417. The van der Waals surface area contributed by atoms with E-state index in [4.69, 9.17) is 9.47 Å². The third kappa shape index (κ3) is 5.82. The normalized spacial score (nSPS) is 18.7. The second-order valence-corrected chi connectivity index (χ2v) is 8.52. The largest absolute Gasteiger partial charge is 0.444 e. The number of rotatable bonds is 6. The monoisotopic (exact) mass is 428 g/mol. The molecule has 0 fully saturated rings. The molecule has 0 radical (unpaired) electrons. The Kier molecular flexibility index (Phi) is 6.95. The van der Waals surface area contributed by atoms with Gasteiger partial charge in [-0.25, -0.2) is 9.18 Å². The highest BCUT2D eigenvalue weighted by Crippen LogP contribution is 2.34. The highest BCUT2D eigenvalue weighted by atomic mass is 19.1. The van der Waals surface area contributed by atoms with Crippen LogP contribution in [0.2, 0.25) is 0 Å². The number of fused-ring (bicyclic) bond motifs is 1. The van der Waals surface area contributed by atoms with Crippen LogP contribution in [-0.4, -0.2) is 30.3 Å². The van der Waals surface area contributed by atoms with Crippen molar-refractivity contribution in [3.63, 3.8) is 0 Å². The van der Waals surface area contributed by atoms with Crippen molar-refractivity contribution < 1.29 is 23.5 Å². The smallest absolute Gasteiger partial charge is 0.408 e. The average molecular weight is 429 g/mol. The number of carbonyl (C=O) groups excluding carboxylic acids is 2. The van der Waals surface area contributed by atoms with Gasteiger partial charge in [-0.15, -0.1) is 0 Å².